The van der Waals surface area contributed by atoms with E-state index in [-0.39, 0.29) is 5.91 Å². The Morgan fingerprint density at radius 2 is 2.53 bits per heavy atom. The first-order chi connectivity index (χ1) is 9.29. The minimum atomic E-state index is -0.438. The molecule has 1 fully saturated rings. The first kappa shape index (κ1) is 13.6. The third kappa shape index (κ3) is 4.08. The highest BCUT2D eigenvalue weighted by Crippen LogP contribution is 2.17. The van der Waals surface area contributed by atoms with Crippen LogP contribution in [0.1, 0.15) is 0 Å². The second kappa shape index (κ2) is 6.92. The molecule has 1 amide bonds. The molecular weight excluding hydrogens is 244 g/mol. The van der Waals surface area contributed by atoms with E-state index in [4.69, 9.17) is 9.47 Å². The molecule has 0 spiro atoms. The van der Waals surface area contributed by atoms with Crippen LogP contribution in [0.3, 0.4) is 0 Å². The molecule has 2 N–H and O–H groups in total. The van der Waals surface area contributed by atoms with E-state index in [0.29, 0.717) is 31.2 Å². The molecule has 5 nitrogen and oxygen atoms in total. The van der Waals surface area contributed by atoms with E-state index in [1.54, 1.807) is 12.1 Å². The van der Waals surface area contributed by atoms with E-state index in [1.807, 2.05) is 18.2 Å². The van der Waals surface area contributed by atoms with E-state index < -0.39 is 6.10 Å². The van der Waals surface area contributed by atoms with Crippen LogP contribution in [0.25, 0.3) is 0 Å². The summed E-state index contributed by atoms with van der Waals surface area (Å²) in [6.45, 7) is 5.91. The number of hydrogen-bond donors (Lipinski definition) is 2. The van der Waals surface area contributed by atoms with Gasteiger partial charge < -0.3 is 20.1 Å². The van der Waals surface area contributed by atoms with Gasteiger partial charge in [-0.2, -0.15) is 0 Å². The summed E-state index contributed by atoms with van der Waals surface area (Å²) in [5, 5.41) is 5.94. The Kier molecular flexibility index (Phi) is 4.94. The zero-order valence-electron chi connectivity index (χ0n) is 10.7. The number of carbonyl (C=O) groups excluding carboxylic acids is 1. The van der Waals surface area contributed by atoms with Crippen molar-refractivity contribution in [1.29, 1.82) is 0 Å². The molecule has 0 saturated carbocycles. The summed E-state index contributed by atoms with van der Waals surface area (Å²) in [6.07, 6.45) is 1.23. The van der Waals surface area contributed by atoms with Gasteiger partial charge in [0.15, 0.2) is 0 Å². The lowest BCUT2D eigenvalue weighted by atomic mass is 10.2. The molecule has 1 aromatic carbocycles. The standard InChI is InChI=1S/C14H18N2O3/c1-2-7-18-12-5-3-4-11(9-12)16-14(17)13-10-15-6-8-19-13/h2-5,9,13,15H,1,6-8,10H2,(H,16,17). The number of rotatable bonds is 5. The number of morpholine rings is 1. The third-order valence-corrected chi connectivity index (χ3v) is 2.69. The smallest absolute Gasteiger partial charge is 0.254 e. The molecule has 1 saturated heterocycles. The first-order valence-corrected chi connectivity index (χ1v) is 6.26. The van der Waals surface area contributed by atoms with Gasteiger partial charge in [-0.05, 0) is 12.1 Å². The van der Waals surface area contributed by atoms with Crippen LogP contribution < -0.4 is 15.4 Å². The van der Waals surface area contributed by atoms with Crippen molar-refractivity contribution in [1.82, 2.24) is 5.32 Å². The molecule has 19 heavy (non-hydrogen) atoms. The molecule has 1 heterocycles. The fraction of sp³-hybridized carbons (Fsp3) is 0.357. The monoisotopic (exact) mass is 262 g/mol. The molecule has 1 unspecified atom stereocenters. The van der Waals surface area contributed by atoms with E-state index in [0.717, 1.165) is 6.54 Å². The van der Waals surface area contributed by atoms with Crippen molar-refractivity contribution in [3.05, 3.63) is 36.9 Å². The molecule has 1 aliphatic heterocycles. The van der Waals surface area contributed by atoms with Gasteiger partial charge in [-0.25, -0.2) is 0 Å². The van der Waals surface area contributed by atoms with E-state index in [9.17, 15) is 4.79 Å². The van der Waals surface area contributed by atoms with Gasteiger partial charge in [-0.15, -0.1) is 0 Å². The quantitative estimate of drug-likeness (QED) is 0.782. The maximum absolute atomic E-state index is 12.0. The van der Waals surface area contributed by atoms with Crippen molar-refractivity contribution in [3.63, 3.8) is 0 Å². The molecule has 0 aromatic heterocycles. The van der Waals surface area contributed by atoms with Crippen molar-refractivity contribution < 1.29 is 14.3 Å². The third-order valence-electron chi connectivity index (χ3n) is 2.69. The predicted octanol–water partition coefficient (Wildman–Crippen LogP) is 1.18. The topological polar surface area (TPSA) is 59.6 Å². The van der Waals surface area contributed by atoms with Crippen LogP contribution in [-0.4, -0.2) is 38.3 Å². The van der Waals surface area contributed by atoms with Crippen molar-refractivity contribution in [2.45, 2.75) is 6.10 Å². The summed E-state index contributed by atoms with van der Waals surface area (Å²) in [5.41, 5.74) is 0.695. The van der Waals surface area contributed by atoms with Gasteiger partial charge in [-0.1, -0.05) is 18.7 Å². The van der Waals surface area contributed by atoms with Gasteiger partial charge >= 0.3 is 0 Å². The van der Waals surface area contributed by atoms with Gasteiger partial charge in [0, 0.05) is 24.8 Å². The van der Waals surface area contributed by atoms with Crippen molar-refractivity contribution >= 4 is 11.6 Å². The van der Waals surface area contributed by atoms with Gasteiger partial charge in [0.2, 0.25) is 0 Å². The van der Waals surface area contributed by atoms with Crippen LogP contribution in [-0.2, 0) is 9.53 Å². The Balaban J connectivity index is 1.93. The summed E-state index contributed by atoms with van der Waals surface area (Å²) in [4.78, 5) is 12.0. The SMILES string of the molecule is C=CCOc1cccc(NC(=O)C2CNCCO2)c1. The molecule has 0 bridgehead atoms. The summed E-state index contributed by atoms with van der Waals surface area (Å²) in [6, 6.07) is 7.25. The molecular formula is C14H18N2O3. The molecule has 5 heteroatoms. The van der Waals surface area contributed by atoms with Gasteiger partial charge in [-0.3, -0.25) is 4.79 Å². The van der Waals surface area contributed by atoms with Crippen LogP contribution in [0.2, 0.25) is 0 Å². The van der Waals surface area contributed by atoms with Gasteiger partial charge in [0.1, 0.15) is 18.5 Å². The van der Waals surface area contributed by atoms with Crippen molar-refractivity contribution in [2.24, 2.45) is 0 Å². The summed E-state index contributed by atoms with van der Waals surface area (Å²) >= 11 is 0. The molecule has 0 radical (unpaired) electrons. The highest BCUT2D eigenvalue weighted by atomic mass is 16.5. The zero-order chi connectivity index (χ0) is 13.5. The second-order valence-corrected chi connectivity index (χ2v) is 4.18. The van der Waals surface area contributed by atoms with Crippen molar-refractivity contribution in [2.75, 3.05) is 31.6 Å². The lowest BCUT2D eigenvalue weighted by Crippen LogP contribution is -2.45. The lowest BCUT2D eigenvalue weighted by molar-refractivity contribution is -0.128. The maximum Gasteiger partial charge on any atom is 0.254 e. The van der Waals surface area contributed by atoms with E-state index in [1.165, 1.54) is 0 Å². The number of carbonyl (C=O) groups is 1. The molecule has 2 rings (SSSR count). The van der Waals surface area contributed by atoms with E-state index in [2.05, 4.69) is 17.2 Å². The van der Waals surface area contributed by atoms with Crippen LogP contribution in [0.15, 0.2) is 36.9 Å². The fourth-order valence-electron chi connectivity index (χ4n) is 1.78. The van der Waals surface area contributed by atoms with Gasteiger partial charge in [0.05, 0.1) is 6.61 Å². The van der Waals surface area contributed by atoms with Crippen LogP contribution in [0.4, 0.5) is 5.69 Å². The van der Waals surface area contributed by atoms with E-state index >= 15 is 0 Å². The number of benzene rings is 1. The van der Waals surface area contributed by atoms with Crippen LogP contribution in [0, 0.1) is 0 Å². The van der Waals surface area contributed by atoms with Crippen LogP contribution in [0.5, 0.6) is 5.75 Å². The van der Waals surface area contributed by atoms with Crippen molar-refractivity contribution in [3.8, 4) is 5.75 Å². The summed E-state index contributed by atoms with van der Waals surface area (Å²) in [7, 11) is 0. The summed E-state index contributed by atoms with van der Waals surface area (Å²) < 4.78 is 10.8. The molecule has 0 aliphatic carbocycles. The van der Waals surface area contributed by atoms with Gasteiger partial charge in [0.25, 0.3) is 5.91 Å². The zero-order valence-corrected chi connectivity index (χ0v) is 10.7. The minimum absolute atomic E-state index is 0.145. The number of anilines is 1. The number of nitrogens with one attached hydrogen (secondary N) is 2. The average Bonchev–Trinajstić information content (AvgIpc) is 2.46. The molecule has 1 aromatic rings. The highest BCUT2D eigenvalue weighted by molar-refractivity contribution is 5.94. The Hall–Kier alpha value is -1.85. The fourth-order valence-corrected chi connectivity index (χ4v) is 1.78. The summed E-state index contributed by atoms with van der Waals surface area (Å²) in [5.74, 6) is 0.549. The highest BCUT2D eigenvalue weighted by Gasteiger charge is 2.21. The number of hydrogen-bond acceptors (Lipinski definition) is 4. The first-order valence-electron chi connectivity index (χ1n) is 6.26. The molecule has 1 atom stereocenters. The largest absolute Gasteiger partial charge is 0.489 e. The molecule has 102 valence electrons. The second-order valence-electron chi connectivity index (χ2n) is 4.18. The Labute approximate surface area is 112 Å². The predicted molar refractivity (Wildman–Crippen MR) is 73.4 cm³/mol. The number of amides is 1. The number of ether oxygens (including phenoxy) is 2. The minimum Gasteiger partial charge on any atom is -0.489 e. The lowest BCUT2D eigenvalue weighted by Gasteiger charge is -2.22. The molecule has 1 aliphatic rings. The average molecular weight is 262 g/mol. The van der Waals surface area contributed by atoms with Crippen LogP contribution >= 0.6 is 0 Å². The Bertz CT molecular complexity index is 442. The Morgan fingerprint density at radius 1 is 1.63 bits per heavy atom. The normalized spacial score (nSPS) is 18.6. The maximum atomic E-state index is 12.0. The Morgan fingerprint density at radius 3 is 3.26 bits per heavy atom.